The number of benzene rings is 3. The number of ether oxygens (including phenoxy) is 1. The average molecular weight is 498 g/mol. The van der Waals surface area contributed by atoms with Gasteiger partial charge in [0.2, 0.25) is 5.82 Å². The molecule has 2 atom stereocenters. The number of aromatic nitrogens is 3. The Balaban J connectivity index is 1.31. The van der Waals surface area contributed by atoms with Crippen molar-refractivity contribution in [1.29, 1.82) is 0 Å². The van der Waals surface area contributed by atoms with Crippen molar-refractivity contribution < 1.29 is 14.3 Å². The SMILES string of the molecule is Cc1ccccc1C(OCC(O)CSc1nnc(-c2ccco2)n1-c1ccccc1)c1ccccc1. The lowest BCUT2D eigenvalue weighted by Crippen LogP contribution is -2.21. The predicted molar refractivity (Wildman–Crippen MR) is 141 cm³/mol. The number of aliphatic hydroxyl groups is 1. The molecule has 0 amide bonds. The summed E-state index contributed by atoms with van der Waals surface area (Å²) in [4.78, 5) is 0. The fourth-order valence-corrected chi connectivity index (χ4v) is 4.90. The molecule has 2 unspecified atom stereocenters. The molecule has 0 saturated heterocycles. The molecule has 0 fully saturated rings. The van der Waals surface area contributed by atoms with Gasteiger partial charge in [0.1, 0.15) is 6.10 Å². The largest absolute Gasteiger partial charge is 0.461 e. The van der Waals surface area contributed by atoms with Gasteiger partial charge in [0.25, 0.3) is 0 Å². The molecule has 1 N–H and O–H groups in total. The van der Waals surface area contributed by atoms with Crippen LogP contribution in [-0.2, 0) is 4.74 Å². The molecule has 6 nitrogen and oxygen atoms in total. The number of aryl methyl sites for hydroxylation is 1. The van der Waals surface area contributed by atoms with Crippen LogP contribution in [0.25, 0.3) is 17.3 Å². The standard InChI is InChI=1S/C29H27N3O3S/c1-21-11-8-9-16-25(21)27(22-12-4-2-5-13-22)35-19-24(33)20-36-29-31-30-28(26-17-10-18-34-26)32(29)23-14-6-3-7-15-23/h2-18,24,27,33H,19-20H2,1H3. The van der Waals surface area contributed by atoms with Gasteiger partial charge >= 0.3 is 0 Å². The van der Waals surface area contributed by atoms with Crippen molar-refractivity contribution in [3.05, 3.63) is 120 Å². The summed E-state index contributed by atoms with van der Waals surface area (Å²) < 4.78 is 13.8. The third-order valence-electron chi connectivity index (χ3n) is 5.82. The van der Waals surface area contributed by atoms with Crippen LogP contribution in [0.3, 0.4) is 0 Å². The van der Waals surface area contributed by atoms with Gasteiger partial charge < -0.3 is 14.3 Å². The predicted octanol–water partition coefficient (Wildman–Crippen LogP) is 6.09. The highest BCUT2D eigenvalue weighted by Crippen LogP contribution is 2.30. The van der Waals surface area contributed by atoms with Crippen molar-refractivity contribution in [1.82, 2.24) is 14.8 Å². The van der Waals surface area contributed by atoms with Crippen molar-refractivity contribution in [3.63, 3.8) is 0 Å². The third-order valence-corrected chi connectivity index (χ3v) is 6.90. The Morgan fingerprint density at radius 2 is 1.61 bits per heavy atom. The molecule has 36 heavy (non-hydrogen) atoms. The number of thioether (sulfide) groups is 1. The zero-order valence-corrected chi connectivity index (χ0v) is 20.7. The van der Waals surface area contributed by atoms with Crippen LogP contribution in [0.15, 0.2) is 113 Å². The first-order valence-corrected chi connectivity index (χ1v) is 12.8. The Hall–Kier alpha value is -3.65. The van der Waals surface area contributed by atoms with Crippen LogP contribution in [0.1, 0.15) is 22.8 Å². The van der Waals surface area contributed by atoms with Gasteiger partial charge in [-0.05, 0) is 47.9 Å². The topological polar surface area (TPSA) is 73.3 Å². The van der Waals surface area contributed by atoms with Gasteiger partial charge in [-0.3, -0.25) is 4.57 Å². The monoisotopic (exact) mass is 497 g/mol. The van der Waals surface area contributed by atoms with E-state index >= 15 is 0 Å². The Morgan fingerprint density at radius 1 is 0.889 bits per heavy atom. The minimum absolute atomic E-state index is 0.186. The van der Waals surface area contributed by atoms with Crippen molar-refractivity contribution in [2.45, 2.75) is 24.3 Å². The highest BCUT2D eigenvalue weighted by atomic mass is 32.2. The van der Waals surface area contributed by atoms with E-state index in [2.05, 4.69) is 41.4 Å². The summed E-state index contributed by atoms with van der Waals surface area (Å²) >= 11 is 1.43. The number of furan rings is 1. The summed E-state index contributed by atoms with van der Waals surface area (Å²) in [5, 5.41) is 20.3. The Labute approximate surface area is 214 Å². The van der Waals surface area contributed by atoms with Gasteiger partial charge in [-0.1, -0.05) is 84.6 Å². The quantitative estimate of drug-likeness (QED) is 0.235. The molecule has 0 aliphatic heterocycles. The first-order chi connectivity index (χ1) is 17.7. The van der Waals surface area contributed by atoms with E-state index in [1.807, 2.05) is 77.4 Å². The number of hydrogen-bond acceptors (Lipinski definition) is 6. The van der Waals surface area contributed by atoms with Crippen LogP contribution >= 0.6 is 11.8 Å². The normalized spacial score (nSPS) is 12.9. The first kappa shape index (κ1) is 24.1. The highest BCUT2D eigenvalue weighted by Gasteiger charge is 2.21. The molecule has 182 valence electrons. The number of para-hydroxylation sites is 1. The summed E-state index contributed by atoms with van der Waals surface area (Å²) in [6.45, 7) is 2.26. The molecule has 3 aromatic carbocycles. The van der Waals surface area contributed by atoms with Gasteiger partial charge in [-0.25, -0.2) is 0 Å². The van der Waals surface area contributed by atoms with Crippen LogP contribution in [0.4, 0.5) is 0 Å². The molecule has 0 radical (unpaired) electrons. The van der Waals surface area contributed by atoms with Crippen LogP contribution in [-0.4, -0.2) is 38.3 Å². The minimum Gasteiger partial charge on any atom is -0.461 e. The molecule has 0 aliphatic rings. The van der Waals surface area contributed by atoms with E-state index in [1.165, 1.54) is 11.8 Å². The van der Waals surface area contributed by atoms with Crippen molar-refractivity contribution in [2.75, 3.05) is 12.4 Å². The van der Waals surface area contributed by atoms with E-state index in [9.17, 15) is 5.11 Å². The second-order valence-corrected chi connectivity index (χ2v) is 9.39. The van der Waals surface area contributed by atoms with Crippen molar-refractivity contribution >= 4 is 11.8 Å². The zero-order valence-electron chi connectivity index (χ0n) is 19.9. The Morgan fingerprint density at radius 3 is 2.33 bits per heavy atom. The number of aliphatic hydroxyl groups excluding tert-OH is 1. The van der Waals surface area contributed by atoms with E-state index in [4.69, 9.17) is 9.15 Å². The summed E-state index contributed by atoms with van der Waals surface area (Å²) in [7, 11) is 0. The lowest BCUT2D eigenvalue weighted by Gasteiger charge is -2.22. The van der Waals surface area contributed by atoms with Gasteiger partial charge in [-0.2, -0.15) is 0 Å². The Bertz CT molecular complexity index is 1370. The molecule has 2 aromatic heterocycles. The van der Waals surface area contributed by atoms with Gasteiger partial charge in [-0.15, -0.1) is 10.2 Å². The van der Waals surface area contributed by atoms with Gasteiger partial charge in [0.15, 0.2) is 10.9 Å². The molecule has 0 aliphatic carbocycles. The smallest absolute Gasteiger partial charge is 0.205 e. The van der Waals surface area contributed by atoms with Crippen LogP contribution in [0.2, 0.25) is 0 Å². The van der Waals surface area contributed by atoms with E-state index in [0.717, 1.165) is 22.4 Å². The van der Waals surface area contributed by atoms with Gasteiger partial charge in [0, 0.05) is 11.4 Å². The lowest BCUT2D eigenvalue weighted by molar-refractivity contribution is 0.0153. The summed E-state index contributed by atoms with van der Waals surface area (Å²) in [5.74, 6) is 1.65. The third kappa shape index (κ3) is 5.44. The fourth-order valence-electron chi connectivity index (χ4n) is 4.04. The molecule has 0 saturated carbocycles. The first-order valence-electron chi connectivity index (χ1n) is 11.8. The Kier molecular flexibility index (Phi) is 7.61. The minimum atomic E-state index is -0.696. The lowest BCUT2D eigenvalue weighted by atomic mass is 9.97. The van der Waals surface area contributed by atoms with E-state index < -0.39 is 6.10 Å². The van der Waals surface area contributed by atoms with Crippen molar-refractivity contribution in [3.8, 4) is 17.3 Å². The molecular weight excluding hydrogens is 470 g/mol. The second kappa shape index (κ2) is 11.4. The summed E-state index contributed by atoms with van der Waals surface area (Å²) in [6.07, 6.45) is 0.661. The van der Waals surface area contributed by atoms with Crippen LogP contribution < -0.4 is 0 Å². The van der Waals surface area contributed by atoms with Crippen molar-refractivity contribution in [2.24, 2.45) is 0 Å². The number of rotatable bonds is 10. The molecule has 5 rings (SSSR count). The summed E-state index contributed by atoms with van der Waals surface area (Å²) in [6, 6.07) is 31.9. The molecule has 0 bridgehead atoms. The fraction of sp³-hybridized carbons (Fsp3) is 0.172. The number of hydrogen-bond donors (Lipinski definition) is 1. The molecule has 2 heterocycles. The second-order valence-electron chi connectivity index (χ2n) is 8.40. The van der Waals surface area contributed by atoms with Crippen LogP contribution in [0, 0.1) is 6.92 Å². The van der Waals surface area contributed by atoms with E-state index in [-0.39, 0.29) is 12.7 Å². The molecule has 0 spiro atoms. The van der Waals surface area contributed by atoms with E-state index in [1.54, 1.807) is 6.26 Å². The summed E-state index contributed by atoms with van der Waals surface area (Å²) in [5.41, 5.74) is 4.22. The molecular formula is C29H27N3O3S. The molecule has 7 heteroatoms. The number of nitrogens with zero attached hydrogens (tertiary/aromatic N) is 3. The maximum Gasteiger partial charge on any atom is 0.205 e. The van der Waals surface area contributed by atoms with Crippen LogP contribution in [0.5, 0.6) is 0 Å². The van der Waals surface area contributed by atoms with E-state index in [0.29, 0.717) is 22.5 Å². The average Bonchev–Trinajstić information content (AvgIpc) is 3.60. The highest BCUT2D eigenvalue weighted by molar-refractivity contribution is 7.99. The maximum absolute atomic E-state index is 10.9. The maximum atomic E-state index is 10.9. The van der Waals surface area contributed by atoms with Gasteiger partial charge in [0.05, 0.1) is 19.0 Å². The zero-order chi connectivity index (χ0) is 24.7. The molecule has 5 aromatic rings.